The lowest BCUT2D eigenvalue weighted by Gasteiger charge is -2.24. The topological polar surface area (TPSA) is 60.8 Å². The van der Waals surface area contributed by atoms with E-state index in [1.807, 2.05) is 0 Å². The Bertz CT molecular complexity index is 955. The minimum atomic E-state index is 0.0664. The Morgan fingerprint density at radius 2 is 0.759 bits per heavy atom. The lowest BCUT2D eigenvalue weighted by molar-refractivity contribution is -0.150. The molecule has 0 bridgehead atoms. The number of hydrogen-bond acceptors (Lipinski definition) is 5. The smallest absolute Gasteiger partial charge is 0.308 e. The molecule has 0 aliphatic carbocycles. The highest BCUT2D eigenvalue weighted by atomic mass is 16.5. The van der Waals surface area contributed by atoms with Gasteiger partial charge in [0.15, 0.2) is 0 Å². The molecule has 1 heterocycles. The van der Waals surface area contributed by atoms with Gasteiger partial charge < -0.3 is 18.9 Å². The van der Waals surface area contributed by atoms with Gasteiger partial charge in [0, 0.05) is 25.0 Å². The summed E-state index contributed by atoms with van der Waals surface area (Å²) < 4.78 is 14.1. The summed E-state index contributed by atoms with van der Waals surface area (Å²) >= 11 is 0. The molecule has 1 aromatic heterocycles. The van der Waals surface area contributed by atoms with Crippen LogP contribution < -0.4 is 0 Å². The standard InChI is InChI=1S/C52H98N2O4/c1-6-10-14-18-20-28-38-49(36-26-16-12-8-3)51(55)57-46-34-24-22-30-41-53(45-40-48(5)54-43-32-33-44-54)42-31-23-25-35-47-58-52(56)50(37-27-17-13-9-4)39-29-21-19-15-11-7-2/h32-33,43-44,48-50H,6-31,34-42,45-47H2,1-5H3. The van der Waals surface area contributed by atoms with E-state index in [4.69, 9.17) is 9.47 Å². The molecule has 6 heteroatoms. The van der Waals surface area contributed by atoms with Crippen LogP contribution in [-0.4, -0.2) is 54.3 Å². The summed E-state index contributed by atoms with van der Waals surface area (Å²) in [7, 11) is 0. The molecule has 3 unspecified atom stereocenters. The van der Waals surface area contributed by atoms with Crippen molar-refractivity contribution in [2.45, 2.75) is 253 Å². The van der Waals surface area contributed by atoms with Crippen molar-refractivity contribution in [2.24, 2.45) is 11.8 Å². The first kappa shape index (κ1) is 54.2. The molecule has 0 radical (unpaired) electrons. The predicted octanol–water partition coefficient (Wildman–Crippen LogP) is 15.6. The lowest BCUT2D eigenvalue weighted by Crippen LogP contribution is -2.28. The second kappa shape index (κ2) is 40.6. The normalized spacial score (nSPS) is 13.2. The molecule has 0 aliphatic heterocycles. The van der Waals surface area contributed by atoms with Gasteiger partial charge in [-0.2, -0.15) is 0 Å². The summed E-state index contributed by atoms with van der Waals surface area (Å²) in [6.45, 7) is 15.9. The van der Waals surface area contributed by atoms with E-state index in [9.17, 15) is 9.59 Å². The van der Waals surface area contributed by atoms with E-state index in [1.165, 1.54) is 128 Å². The molecule has 0 spiro atoms. The molecule has 0 saturated heterocycles. The van der Waals surface area contributed by atoms with Crippen LogP contribution in [0.2, 0.25) is 0 Å². The summed E-state index contributed by atoms with van der Waals surface area (Å²) in [6.07, 6.45) is 43.5. The molecule has 3 atom stereocenters. The number of hydrogen-bond donors (Lipinski definition) is 0. The van der Waals surface area contributed by atoms with Crippen molar-refractivity contribution < 1.29 is 19.1 Å². The molecule has 58 heavy (non-hydrogen) atoms. The van der Waals surface area contributed by atoms with Gasteiger partial charge in [-0.15, -0.1) is 0 Å². The Kier molecular flexibility index (Phi) is 37.9. The Labute approximate surface area is 361 Å². The van der Waals surface area contributed by atoms with Gasteiger partial charge in [-0.1, -0.05) is 182 Å². The lowest BCUT2D eigenvalue weighted by atomic mass is 9.94. The zero-order chi connectivity index (χ0) is 42.2. The highest BCUT2D eigenvalue weighted by molar-refractivity contribution is 5.72. The van der Waals surface area contributed by atoms with E-state index >= 15 is 0 Å². The van der Waals surface area contributed by atoms with E-state index in [0.29, 0.717) is 19.3 Å². The average Bonchev–Trinajstić information content (AvgIpc) is 3.78. The molecule has 0 fully saturated rings. The fraction of sp³-hybridized carbons (Fsp3) is 0.885. The number of aromatic nitrogens is 1. The first-order valence-electron chi connectivity index (χ1n) is 25.6. The fourth-order valence-electron chi connectivity index (χ4n) is 8.40. The van der Waals surface area contributed by atoms with Gasteiger partial charge in [-0.05, 0) is 89.9 Å². The quantitative estimate of drug-likeness (QED) is 0.0485. The number of unbranched alkanes of at least 4 members (excludes halogenated alkanes) is 22. The number of carbonyl (C=O) groups is 2. The Balaban J connectivity index is 2.43. The van der Waals surface area contributed by atoms with Crippen molar-refractivity contribution in [2.75, 3.05) is 32.8 Å². The number of nitrogens with zero attached hydrogens (tertiary/aromatic N) is 2. The van der Waals surface area contributed by atoms with Crippen molar-refractivity contribution in [3.05, 3.63) is 24.5 Å². The van der Waals surface area contributed by atoms with Crippen molar-refractivity contribution in [1.82, 2.24) is 9.47 Å². The van der Waals surface area contributed by atoms with Crippen LogP contribution in [0.4, 0.5) is 0 Å². The third-order valence-electron chi connectivity index (χ3n) is 12.5. The molecular weight excluding hydrogens is 717 g/mol. The largest absolute Gasteiger partial charge is 0.465 e. The molecule has 0 aliphatic rings. The van der Waals surface area contributed by atoms with Crippen LogP contribution in [0.25, 0.3) is 0 Å². The van der Waals surface area contributed by atoms with Crippen LogP contribution in [0.1, 0.15) is 253 Å². The van der Waals surface area contributed by atoms with Gasteiger partial charge in [-0.3, -0.25) is 9.59 Å². The molecule has 1 aromatic rings. The molecule has 0 N–H and O–H groups in total. The highest BCUT2D eigenvalue weighted by Gasteiger charge is 2.20. The average molecular weight is 815 g/mol. The summed E-state index contributed by atoms with van der Waals surface area (Å²) in [5.74, 6) is 0.323. The Hall–Kier alpha value is -1.82. The second-order valence-electron chi connectivity index (χ2n) is 18.0. The van der Waals surface area contributed by atoms with Crippen molar-refractivity contribution in [1.29, 1.82) is 0 Å². The van der Waals surface area contributed by atoms with Gasteiger partial charge in [0.05, 0.1) is 25.0 Å². The predicted molar refractivity (Wildman–Crippen MR) is 250 cm³/mol. The van der Waals surface area contributed by atoms with Crippen LogP contribution in [0, 0.1) is 11.8 Å². The molecule has 0 aromatic carbocycles. The zero-order valence-electron chi connectivity index (χ0n) is 39.4. The first-order chi connectivity index (χ1) is 28.5. The maximum Gasteiger partial charge on any atom is 0.308 e. The monoisotopic (exact) mass is 815 g/mol. The molecule has 0 amide bonds. The van der Waals surface area contributed by atoms with Crippen LogP contribution in [0.3, 0.4) is 0 Å². The number of ether oxygens (including phenoxy) is 2. The van der Waals surface area contributed by atoms with Crippen molar-refractivity contribution in [3.8, 4) is 0 Å². The summed E-state index contributed by atoms with van der Waals surface area (Å²) in [4.78, 5) is 28.8. The second-order valence-corrected chi connectivity index (χ2v) is 18.0. The Morgan fingerprint density at radius 1 is 0.431 bits per heavy atom. The van der Waals surface area contributed by atoms with Gasteiger partial charge in [0.25, 0.3) is 0 Å². The zero-order valence-corrected chi connectivity index (χ0v) is 39.4. The van der Waals surface area contributed by atoms with Gasteiger partial charge in [-0.25, -0.2) is 0 Å². The maximum absolute atomic E-state index is 13.1. The minimum absolute atomic E-state index is 0.0664. The van der Waals surface area contributed by atoms with Crippen LogP contribution in [-0.2, 0) is 19.1 Å². The first-order valence-corrected chi connectivity index (χ1v) is 25.6. The van der Waals surface area contributed by atoms with Crippen molar-refractivity contribution >= 4 is 11.9 Å². The summed E-state index contributed by atoms with van der Waals surface area (Å²) in [5, 5.41) is 0. The SMILES string of the molecule is CCCCCCCCC(CCCCCC)C(=O)OCCCCCCN(CCCCCCOC(=O)C(CCCCCC)CCCCCCCC)CCC(C)n1cccc1. The van der Waals surface area contributed by atoms with E-state index in [1.54, 1.807) is 0 Å². The third-order valence-corrected chi connectivity index (χ3v) is 12.5. The van der Waals surface area contributed by atoms with Crippen molar-refractivity contribution in [3.63, 3.8) is 0 Å². The number of carbonyl (C=O) groups excluding carboxylic acids is 2. The van der Waals surface area contributed by atoms with Crippen LogP contribution >= 0.6 is 0 Å². The van der Waals surface area contributed by atoms with E-state index in [0.717, 1.165) is 103 Å². The summed E-state index contributed by atoms with van der Waals surface area (Å²) in [6, 6.07) is 4.74. The molecule has 0 saturated carbocycles. The van der Waals surface area contributed by atoms with Gasteiger partial charge in [0.2, 0.25) is 0 Å². The maximum atomic E-state index is 13.1. The molecular formula is C52H98N2O4. The molecule has 1 rings (SSSR count). The third kappa shape index (κ3) is 31.1. The van der Waals surface area contributed by atoms with E-state index in [-0.39, 0.29) is 23.8 Å². The highest BCUT2D eigenvalue weighted by Crippen LogP contribution is 2.23. The molecule has 6 nitrogen and oxygen atoms in total. The Morgan fingerprint density at radius 3 is 1.16 bits per heavy atom. The minimum Gasteiger partial charge on any atom is -0.465 e. The van der Waals surface area contributed by atoms with Gasteiger partial charge in [0.1, 0.15) is 0 Å². The van der Waals surface area contributed by atoms with E-state index in [2.05, 4.69) is 68.6 Å². The van der Waals surface area contributed by atoms with E-state index < -0.39 is 0 Å². The fourth-order valence-corrected chi connectivity index (χ4v) is 8.40. The van der Waals surface area contributed by atoms with Gasteiger partial charge >= 0.3 is 11.9 Å². The number of esters is 2. The molecule has 340 valence electrons. The summed E-state index contributed by atoms with van der Waals surface area (Å²) in [5.41, 5.74) is 0. The van der Waals surface area contributed by atoms with Crippen LogP contribution in [0.5, 0.6) is 0 Å². The number of rotatable bonds is 44. The van der Waals surface area contributed by atoms with Crippen LogP contribution in [0.15, 0.2) is 24.5 Å².